The van der Waals surface area contributed by atoms with Crippen LogP contribution in [-0.4, -0.2) is 39.0 Å². The van der Waals surface area contributed by atoms with Crippen LogP contribution in [0.1, 0.15) is 35.7 Å². The number of ether oxygens (including phenoxy) is 2. The molecule has 0 atom stereocenters. The highest BCUT2D eigenvalue weighted by atomic mass is 16.5. The summed E-state index contributed by atoms with van der Waals surface area (Å²) in [5.41, 5.74) is 3.87. The molecule has 0 aliphatic carbocycles. The Kier molecular flexibility index (Phi) is 4.76. The van der Waals surface area contributed by atoms with Crippen molar-refractivity contribution in [3.8, 4) is 11.1 Å². The maximum atomic E-state index is 12.2. The summed E-state index contributed by atoms with van der Waals surface area (Å²) >= 11 is 0. The second-order valence-corrected chi connectivity index (χ2v) is 5.94. The van der Waals surface area contributed by atoms with E-state index in [9.17, 15) is 4.79 Å². The predicted molar refractivity (Wildman–Crippen MR) is 92.2 cm³/mol. The number of hydrogen-bond acceptors (Lipinski definition) is 6. The van der Waals surface area contributed by atoms with E-state index < -0.39 is 5.97 Å². The van der Waals surface area contributed by atoms with Crippen LogP contribution < -0.4 is 0 Å². The molecule has 7 nitrogen and oxygen atoms in total. The van der Waals surface area contributed by atoms with Crippen LogP contribution in [0.4, 0.5) is 0 Å². The summed E-state index contributed by atoms with van der Waals surface area (Å²) in [7, 11) is 1.61. The smallest absolute Gasteiger partial charge is 0.361 e. The van der Waals surface area contributed by atoms with Crippen molar-refractivity contribution in [2.24, 2.45) is 0 Å². The number of rotatable bonds is 5. The molecule has 0 aliphatic heterocycles. The summed E-state index contributed by atoms with van der Waals surface area (Å²) in [6, 6.07) is 9.80. The molecule has 7 heteroatoms. The van der Waals surface area contributed by atoms with Gasteiger partial charge in [0.15, 0.2) is 11.3 Å². The number of aromatic nitrogens is 4. The minimum absolute atomic E-state index is 0.160. The van der Waals surface area contributed by atoms with Gasteiger partial charge in [-0.3, -0.25) is 0 Å². The van der Waals surface area contributed by atoms with Crippen LogP contribution in [0.3, 0.4) is 0 Å². The molecule has 0 saturated carbocycles. The third kappa shape index (κ3) is 3.23. The third-order valence-electron chi connectivity index (χ3n) is 3.72. The molecular formula is C18H20N4O3. The number of hydrogen-bond donors (Lipinski definition) is 0. The van der Waals surface area contributed by atoms with Crippen LogP contribution in [0.15, 0.2) is 30.3 Å². The molecule has 1 aromatic carbocycles. The lowest BCUT2D eigenvalue weighted by Crippen LogP contribution is -2.17. The number of carbonyl (C=O) groups is 1. The molecule has 0 radical (unpaired) electrons. The molecule has 2 aromatic heterocycles. The number of carbonyl (C=O) groups excluding carboxylic acids is 1. The number of benzene rings is 1. The van der Waals surface area contributed by atoms with E-state index in [0.717, 1.165) is 16.8 Å². The Morgan fingerprint density at radius 3 is 2.56 bits per heavy atom. The van der Waals surface area contributed by atoms with Gasteiger partial charge in [-0.05, 0) is 26.3 Å². The molecule has 130 valence electrons. The Morgan fingerprint density at radius 2 is 1.92 bits per heavy atom. The molecule has 0 N–H and O–H groups in total. The molecule has 2 heterocycles. The average Bonchev–Trinajstić information content (AvgIpc) is 2.94. The molecular weight excluding hydrogens is 320 g/mol. The lowest BCUT2D eigenvalue weighted by Gasteiger charge is -2.09. The van der Waals surface area contributed by atoms with Crippen molar-refractivity contribution in [1.82, 2.24) is 19.8 Å². The van der Waals surface area contributed by atoms with Gasteiger partial charge in [0.2, 0.25) is 0 Å². The summed E-state index contributed by atoms with van der Waals surface area (Å²) in [6.07, 6.45) is -0.231. The van der Waals surface area contributed by atoms with Crippen LogP contribution in [-0.2, 0) is 16.1 Å². The first-order valence-corrected chi connectivity index (χ1v) is 8.03. The quantitative estimate of drug-likeness (QED) is 0.665. The normalized spacial score (nSPS) is 11.2. The van der Waals surface area contributed by atoms with E-state index in [1.165, 1.54) is 0 Å². The predicted octanol–water partition coefficient (Wildman–Crippen LogP) is 2.81. The van der Waals surface area contributed by atoms with Crippen molar-refractivity contribution in [3.05, 3.63) is 47.4 Å². The van der Waals surface area contributed by atoms with Crippen LogP contribution in [0.25, 0.3) is 16.8 Å². The molecule has 25 heavy (non-hydrogen) atoms. The van der Waals surface area contributed by atoms with E-state index >= 15 is 0 Å². The summed E-state index contributed by atoms with van der Waals surface area (Å²) in [4.78, 5) is 12.2. The zero-order valence-electron chi connectivity index (χ0n) is 14.7. The van der Waals surface area contributed by atoms with Crippen LogP contribution in [0.2, 0.25) is 0 Å². The zero-order chi connectivity index (χ0) is 18.0. The van der Waals surface area contributed by atoms with E-state index in [-0.39, 0.29) is 11.8 Å². The van der Waals surface area contributed by atoms with Gasteiger partial charge in [-0.2, -0.15) is 5.10 Å². The fourth-order valence-electron chi connectivity index (χ4n) is 2.65. The van der Waals surface area contributed by atoms with Gasteiger partial charge < -0.3 is 9.47 Å². The molecule has 0 unspecified atom stereocenters. The molecule has 0 aliphatic rings. The highest BCUT2D eigenvalue weighted by molar-refractivity contribution is 5.89. The van der Waals surface area contributed by atoms with Gasteiger partial charge in [-0.1, -0.05) is 30.3 Å². The lowest BCUT2D eigenvalue weighted by molar-refractivity contribution is 0.0367. The Hall–Kier alpha value is -2.80. The fourth-order valence-corrected chi connectivity index (χ4v) is 2.65. The molecule has 3 rings (SSSR count). The van der Waals surface area contributed by atoms with E-state index in [2.05, 4.69) is 15.3 Å². The fraction of sp³-hybridized carbons (Fsp3) is 0.333. The van der Waals surface area contributed by atoms with Crippen molar-refractivity contribution < 1.29 is 14.3 Å². The van der Waals surface area contributed by atoms with Crippen molar-refractivity contribution in [2.75, 3.05) is 7.11 Å². The van der Waals surface area contributed by atoms with Crippen LogP contribution in [0.5, 0.6) is 0 Å². The average molecular weight is 340 g/mol. The van der Waals surface area contributed by atoms with E-state index in [1.807, 2.05) is 30.3 Å². The van der Waals surface area contributed by atoms with E-state index in [0.29, 0.717) is 17.9 Å². The number of fused-ring (bicyclic) bond motifs is 1. The first kappa shape index (κ1) is 17.0. The topological polar surface area (TPSA) is 78.6 Å². The second-order valence-electron chi connectivity index (χ2n) is 5.94. The Morgan fingerprint density at radius 1 is 1.20 bits per heavy atom. The van der Waals surface area contributed by atoms with Gasteiger partial charge in [0.25, 0.3) is 0 Å². The summed E-state index contributed by atoms with van der Waals surface area (Å²) in [5, 5.41) is 12.9. The number of nitrogens with zero attached hydrogens (tertiary/aromatic N) is 4. The van der Waals surface area contributed by atoms with Gasteiger partial charge in [-0.25, -0.2) is 9.31 Å². The zero-order valence-corrected chi connectivity index (χ0v) is 14.7. The molecule has 0 fully saturated rings. The van der Waals surface area contributed by atoms with Gasteiger partial charge in [-0.15, -0.1) is 10.2 Å². The van der Waals surface area contributed by atoms with Crippen molar-refractivity contribution >= 4 is 11.6 Å². The van der Waals surface area contributed by atoms with Crippen LogP contribution >= 0.6 is 0 Å². The molecule has 0 amide bonds. The molecule has 0 bridgehead atoms. The summed E-state index contributed by atoms with van der Waals surface area (Å²) in [6.45, 7) is 5.68. The van der Waals surface area contributed by atoms with Gasteiger partial charge >= 0.3 is 5.97 Å². The first-order chi connectivity index (χ1) is 12.0. The maximum absolute atomic E-state index is 12.2. The first-order valence-electron chi connectivity index (χ1n) is 8.03. The summed E-state index contributed by atoms with van der Waals surface area (Å²) < 4.78 is 12.1. The summed E-state index contributed by atoms with van der Waals surface area (Å²) in [5.74, 6) is -0.507. The maximum Gasteiger partial charge on any atom is 0.361 e. The van der Waals surface area contributed by atoms with Crippen LogP contribution in [0, 0.1) is 6.92 Å². The molecule has 3 aromatic rings. The Balaban J connectivity index is 2.19. The molecule has 0 spiro atoms. The Labute approximate surface area is 145 Å². The molecule has 0 saturated heterocycles. The highest BCUT2D eigenvalue weighted by Gasteiger charge is 2.22. The minimum atomic E-state index is -0.507. The number of esters is 1. The van der Waals surface area contributed by atoms with E-state index in [4.69, 9.17) is 9.47 Å². The Bertz CT molecular complexity index is 904. The van der Waals surface area contributed by atoms with Gasteiger partial charge in [0.1, 0.15) is 0 Å². The lowest BCUT2D eigenvalue weighted by atomic mass is 10.1. The minimum Gasteiger partial charge on any atom is -0.458 e. The van der Waals surface area contributed by atoms with Gasteiger partial charge in [0, 0.05) is 7.11 Å². The number of methoxy groups -OCH3 is 1. The SMILES string of the molecule is COCc1nn2c(C)c(C(=O)OC(C)C)nnc2c1-c1ccccc1. The van der Waals surface area contributed by atoms with Crippen molar-refractivity contribution in [1.29, 1.82) is 0 Å². The number of aryl methyl sites for hydroxylation is 1. The third-order valence-corrected chi connectivity index (χ3v) is 3.72. The monoisotopic (exact) mass is 340 g/mol. The largest absolute Gasteiger partial charge is 0.458 e. The van der Waals surface area contributed by atoms with Crippen molar-refractivity contribution in [3.63, 3.8) is 0 Å². The van der Waals surface area contributed by atoms with Gasteiger partial charge in [0.05, 0.1) is 29.7 Å². The highest BCUT2D eigenvalue weighted by Crippen LogP contribution is 2.28. The van der Waals surface area contributed by atoms with Crippen molar-refractivity contribution in [2.45, 2.75) is 33.5 Å². The second kappa shape index (κ2) is 6.98. The standard InChI is InChI=1S/C18H20N4O3/c1-11(2)25-18(23)16-12(3)22-17(20-19-16)15(14(21-22)10-24-4)13-8-6-5-7-9-13/h5-9,11H,10H2,1-4H3. The van der Waals surface area contributed by atoms with E-state index in [1.54, 1.807) is 32.4 Å².